The maximum absolute atomic E-state index is 11.4. The predicted molar refractivity (Wildman–Crippen MR) is 168 cm³/mol. The Morgan fingerprint density at radius 1 is 0.591 bits per heavy atom. The molecule has 4 aromatic rings. The van der Waals surface area contributed by atoms with Crippen LogP contribution in [0.4, 0.5) is 11.4 Å². The standard InChI is InChI=1S/C30H26B2N4O8/c37-35(38)27-11-5-9-25(19-27)31-41-18-16-34-22-24-8-2-4-14-30(24)44-32(26-10-6-12-28(20-26)36(39)40)42-17-15-33-21-23-7-1-3-13-29(23)43-31/h1-14,19-22H,15-18H2. The number of fused-ring (bicyclic) bond motifs is 2. The molecule has 0 aromatic heterocycles. The number of hydrogen-bond acceptors (Lipinski definition) is 10. The maximum Gasteiger partial charge on any atom is 0.563 e. The third-order valence-electron chi connectivity index (χ3n) is 6.45. The van der Waals surface area contributed by atoms with E-state index in [-0.39, 0.29) is 37.7 Å². The Balaban J connectivity index is 1.45. The molecule has 0 spiro atoms. The Bertz CT molecular complexity index is 1560. The van der Waals surface area contributed by atoms with Crippen molar-refractivity contribution in [2.24, 2.45) is 9.98 Å². The topological polar surface area (TPSA) is 148 Å². The summed E-state index contributed by atoms with van der Waals surface area (Å²) < 4.78 is 24.6. The second-order valence-corrected chi connectivity index (χ2v) is 9.49. The van der Waals surface area contributed by atoms with Crippen LogP contribution in [0, 0.1) is 20.2 Å². The molecule has 1 heterocycles. The molecule has 14 heteroatoms. The van der Waals surface area contributed by atoms with Crippen LogP contribution in [0.5, 0.6) is 11.5 Å². The van der Waals surface area contributed by atoms with Crippen LogP contribution in [-0.4, -0.2) is 62.8 Å². The molecule has 0 N–H and O–H groups in total. The van der Waals surface area contributed by atoms with Gasteiger partial charge in [0.1, 0.15) is 11.5 Å². The number of rotatable bonds is 4. The van der Waals surface area contributed by atoms with E-state index in [0.717, 1.165) is 0 Å². The summed E-state index contributed by atoms with van der Waals surface area (Å²) in [6, 6.07) is 26.6. The second-order valence-electron chi connectivity index (χ2n) is 9.49. The highest BCUT2D eigenvalue weighted by atomic mass is 16.6. The number of nitrogens with zero attached hydrogens (tertiary/aromatic N) is 4. The van der Waals surface area contributed by atoms with Gasteiger partial charge in [-0.1, -0.05) is 48.5 Å². The molecule has 44 heavy (non-hydrogen) atoms. The van der Waals surface area contributed by atoms with Crippen LogP contribution < -0.4 is 20.2 Å². The summed E-state index contributed by atoms with van der Waals surface area (Å²) in [5.74, 6) is 0.926. The van der Waals surface area contributed by atoms with Gasteiger partial charge in [-0.25, -0.2) is 0 Å². The molecule has 0 unspecified atom stereocenters. The molecule has 1 aliphatic heterocycles. The molecule has 5 rings (SSSR count). The SMILES string of the molecule is O=[N+]([O-])c1cccc(B2OCCN=Cc3ccccc3OB(c3cccc([N+](=O)[O-])c3)OCCN=Cc3ccccc3O2)c1. The summed E-state index contributed by atoms with van der Waals surface area (Å²) in [5, 5.41) is 22.8. The van der Waals surface area contributed by atoms with Gasteiger partial charge in [0.2, 0.25) is 0 Å². The molecule has 0 aliphatic carbocycles. The van der Waals surface area contributed by atoms with Gasteiger partial charge in [0.25, 0.3) is 11.4 Å². The van der Waals surface area contributed by atoms with Crippen LogP contribution in [0.15, 0.2) is 107 Å². The van der Waals surface area contributed by atoms with E-state index in [1.807, 2.05) is 24.3 Å². The predicted octanol–water partition coefficient (Wildman–Crippen LogP) is 3.64. The van der Waals surface area contributed by atoms with Gasteiger partial charge in [-0.15, -0.1) is 0 Å². The van der Waals surface area contributed by atoms with Crippen LogP contribution in [0.25, 0.3) is 0 Å². The first-order valence-corrected chi connectivity index (χ1v) is 13.7. The van der Waals surface area contributed by atoms with Crippen molar-refractivity contribution >= 4 is 49.0 Å². The minimum absolute atomic E-state index is 0.0814. The first-order chi connectivity index (χ1) is 21.5. The zero-order valence-electron chi connectivity index (χ0n) is 23.4. The Hall–Kier alpha value is -5.33. The zero-order valence-corrected chi connectivity index (χ0v) is 23.4. The van der Waals surface area contributed by atoms with E-state index in [2.05, 4.69) is 9.98 Å². The fourth-order valence-corrected chi connectivity index (χ4v) is 4.34. The Morgan fingerprint density at radius 2 is 1.02 bits per heavy atom. The average Bonchev–Trinajstić information content (AvgIpc) is 3.04. The fraction of sp³-hybridized carbons (Fsp3) is 0.133. The van der Waals surface area contributed by atoms with E-state index < -0.39 is 24.1 Å². The van der Waals surface area contributed by atoms with Gasteiger partial charge in [0.05, 0.1) is 36.1 Å². The molecule has 4 aromatic carbocycles. The number of hydrogen-bond donors (Lipinski definition) is 0. The highest BCUT2D eigenvalue weighted by Crippen LogP contribution is 2.20. The highest BCUT2D eigenvalue weighted by molar-refractivity contribution is 6.62. The molecule has 1 aliphatic rings. The lowest BCUT2D eigenvalue weighted by atomic mass is 9.78. The first kappa shape index (κ1) is 30.1. The monoisotopic (exact) mass is 592 g/mol. The molecule has 0 saturated carbocycles. The van der Waals surface area contributed by atoms with E-state index in [1.54, 1.807) is 61.0 Å². The van der Waals surface area contributed by atoms with Gasteiger partial charge >= 0.3 is 14.2 Å². The molecule has 12 nitrogen and oxygen atoms in total. The summed E-state index contributed by atoms with van der Waals surface area (Å²) in [4.78, 5) is 30.8. The molecule has 0 bridgehead atoms. The van der Waals surface area contributed by atoms with Gasteiger partial charge in [0, 0.05) is 58.7 Å². The normalized spacial score (nSPS) is 14.3. The second kappa shape index (κ2) is 14.7. The summed E-state index contributed by atoms with van der Waals surface area (Å²) in [6.07, 6.45) is 3.27. The van der Waals surface area contributed by atoms with Crippen molar-refractivity contribution in [3.05, 3.63) is 128 Å². The van der Waals surface area contributed by atoms with Crippen molar-refractivity contribution in [2.75, 3.05) is 26.3 Å². The molecule has 0 atom stereocenters. The lowest BCUT2D eigenvalue weighted by Crippen LogP contribution is -2.41. The Kier molecular flexibility index (Phi) is 10.1. The van der Waals surface area contributed by atoms with Crippen LogP contribution >= 0.6 is 0 Å². The minimum Gasteiger partial charge on any atom is -0.532 e. The molecular formula is C30H26B2N4O8. The highest BCUT2D eigenvalue weighted by Gasteiger charge is 2.28. The fourth-order valence-electron chi connectivity index (χ4n) is 4.34. The zero-order chi connectivity index (χ0) is 30.7. The smallest absolute Gasteiger partial charge is 0.532 e. The van der Waals surface area contributed by atoms with E-state index in [1.165, 1.54) is 24.3 Å². The van der Waals surface area contributed by atoms with Crippen molar-refractivity contribution in [1.82, 2.24) is 0 Å². The minimum atomic E-state index is -0.951. The van der Waals surface area contributed by atoms with E-state index >= 15 is 0 Å². The molecule has 0 amide bonds. The van der Waals surface area contributed by atoms with Crippen LogP contribution in [0.3, 0.4) is 0 Å². The number of aliphatic imine (C=N–C) groups is 2. The molecule has 0 radical (unpaired) electrons. The van der Waals surface area contributed by atoms with Gasteiger partial charge in [0.15, 0.2) is 0 Å². The van der Waals surface area contributed by atoms with E-state index in [4.69, 9.17) is 18.6 Å². The van der Waals surface area contributed by atoms with Crippen molar-refractivity contribution in [3.63, 3.8) is 0 Å². The molecule has 0 fully saturated rings. The van der Waals surface area contributed by atoms with Gasteiger partial charge in [-0.2, -0.15) is 0 Å². The number of para-hydroxylation sites is 2. The Labute approximate surface area is 253 Å². The maximum atomic E-state index is 11.4. The lowest BCUT2D eigenvalue weighted by molar-refractivity contribution is -0.385. The number of nitro benzene ring substituents is 2. The quantitative estimate of drug-likeness (QED) is 0.198. The Morgan fingerprint density at radius 3 is 1.45 bits per heavy atom. The number of benzene rings is 4. The summed E-state index contributed by atoms with van der Waals surface area (Å²) in [7, 11) is -1.90. The van der Waals surface area contributed by atoms with Gasteiger partial charge in [-0.05, 0) is 24.3 Å². The lowest BCUT2D eigenvalue weighted by Gasteiger charge is -2.18. The van der Waals surface area contributed by atoms with Gasteiger partial charge in [-0.3, -0.25) is 30.2 Å². The third kappa shape index (κ3) is 7.94. The summed E-state index contributed by atoms with van der Waals surface area (Å²) in [5.41, 5.74) is 2.11. The molecule has 0 saturated heterocycles. The molecule has 220 valence electrons. The van der Waals surface area contributed by atoms with Crippen LogP contribution in [0.2, 0.25) is 0 Å². The van der Waals surface area contributed by atoms with Crippen molar-refractivity contribution in [2.45, 2.75) is 0 Å². The van der Waals surface area contributed by atoms with Gasteiger partial charge < -0.3 is 18.6 Å². The number of non-ortho nitro benzene ring substituents is 2. The molecular weight excluding hydrogens is 566 g/mol. The van der Waals surface area contributed by atoms with E-state index in [0.29, 0.717) is 33.6 Å². The largest absolute Gasteiger partial charge is 0.563 e. The van der Waals surface area contributed by atoms with Crippen molar-refractivity contribution in [1.29, 1.82) is 0 Å². The van der Waals surface area contributed by atoms with Crippen molar-refractivity contribution < 1.29 is 28.5 Å². The first-order valence-electron chi connectivity index (χ1n) is 13.7. The van der Waals surface area contributed by atoms with Crippen molar-refractivity contribution in [3.8, 4) is 11.5 Å². The third-order valence-corrected chi connectivity index (χ3v) is 6.45. The van der Waals surface area contributed by atoms with E-state index in [9.17, 15) is 20.2 Å². The van der Waals surface area contributed by atoms with Crippen LogP contribution in [0.1, 0.15) is 11.1 Å². The summed E-state index contributed by atoms with van der Waals surface area (Å²) in [6.45, 7) is 0.777. The average molecular weight is 592 g/mol. The summed E-state index contributed by atoms with van der Waals surface area (Å²) >= 11 is 0. The number of nitro groups is 2. The van der Waals surface area contributed by atoms with Crippen LogP contribution in [-0.2, 0) is 9.31 Å².